The summed E-state index contributed by atoms with van der Waals surface area (Å²) in [6, 6.07) is 0. The maximum atomic E-state index is 11.8. The van der Waals surface area contributed by atoms with Gasteiger partial charge in [-0.2, -0.15) is 0 Å². The van der Waals surface area contributed by atoms with Gasteiger partial charge in [-0.15, -0.1) is 0 Å². The van der Waals surface area contributed by atoms with Gasteiger partial charge in [0, 0.05) is 0 Å². The summed E-state index contributed by atoms with van der Waals surface area (Å²) in [5.41, 5.74) is 0. The van der Waals surface area contributed by atoms with E-state index in [2.05, 4.69) is 27.7 Å². The van der Waals surface area contributed by atoms with Gasteiger partial charge in [0.2, 0.25) is 0 Å². The van der Waals surface area contributed by atoms with Crippen LogP contribution in [0.3, 0.4) is 0 Å². The van der Waals surface area contributed by atoms with Crippen LogP contribution in [0.2, 0.25) is 0 Å². The summed E-state index contributed by atoms with van der Waals surface area (Å²) in [6.07, 6.45) is 16.5. The summed E-state index contributed by atoms with van der Waals surface area (Å²) in [5, 5.41) is 0. The van der Waals surface area contributed by atoms with E-state index in [1.165, 1.54) is 71.1 Å². The molecule has 0 aliphatic heterocycles. The Kier molecular flexibility index (Phi) is 22.2. The van der Waals surface area contributed by atoms with Crippen molar-refractivity contribution in [2.75, 3.05) is 19.8 Å². The average molecular weight is 471 g/mol. The molecule has 0 fully saturated rings. The molecule has 0 amide bonds. The molecule has 0 aromatic carbocycles. The number of ether oxygens (including phenoxy) is 3. The number of carbonyl (C=O) groups excluding carboxylic acids is 2. The molecular formula is C28H54O5. The van der Waals surface area contributed by atoms with Gasteiger partial charge < -0.3 is 14.2 Å². The standard InChI is InChI=1S/C28H54O5/c1-6-10-12-14-16-18-25(8-3)21-32-28(23-31-27(30)20-24(5)29)33-22-26(9-4)19-17-15-13-11-7-2/h25-26,28H,6-23H2,1-5H3. The molecule has 0 spiro atoms. The molecule has 2 atom stereocenters. The molecule has 2 unspecified atom stereocenters. The van der Waals surface area contributed by atoms with E-state index in [-0.39, 0.29) is 18.8 Å². The fourth-order valence-corrected chi connectivity index (χ4v) is 3.93. The van der Waals surface area contributed by atoms with E-state index in [9.17, 15) is 9.59 Å². The molecule has 33 heavy (non-hydrogen) atoms. The highest BCUT2D eigenvalue weighted by molar-refractivity contribution is 5.94. The van der Waals surface area contributed by atoms with E-state index >= 15 is 0 Å². The zero-order valence-electron chi connectivity index (χ0n) is 22.5. The lowest BCUT2D eigenvalue weighted by Gasteiger charge is -2.24. The van der Waals surface area contributed by atoms with Crippen molar-refractivity contribution < 1.29 is 23.8 Å². The van der Waals surface area contributed by atoms with Crippen LogP contribution in [0.1, 0.15) is 131 Å². The minimum Gasteiger partial charge on any atom is -0.460 e. The molecule has 5 heteroatoms. The van der Waals surface area contributed by atoms with Crippen LogP contribution < -0.4 is 0 Å². The molecule has 0 aromatic heterocycles. The van der Waals surface area contributed by atoms with Crippen LogP contribution in [0, 0.1) is 11.8 Å². The SMILES string of the molecule is CCCCCCCC(CC)COC(COC(=O)CC(C)=O)OCC(CC)CCCCCCC. The third-order valence-corrected chi connectivity index (χ3v) is 6.40. The topological polar surface area (TPSA) is 61.8 Å². The maximum absolute atomic E-state index is 11.8. The monoisotopic (exact) mass is 470 g/mol. The van der Waals surface area contributed by atoms with Crippen LogP contribution in [-0.4, -0.2) is 37.9 Å². The van der Waals surface area contributed by atoms with Crippen LogP contribution in [0.5, 0.6) is 0 Å². The molecule has 0 radical (unpaired) electrons. The van der Waals surface area contributed by atoms with Gasteiger partial charge in [-0.25, -0.2) is 0 Å². The van der Waals surface area contributed by atoms with E-state index < -0.39 is 12.3 Å². The van der Waals surface area contributed by atoms with Crippen molar-refractivity contribution in [1.29, 1.82) is 0 Å². The molecule has 0 rings (SSSR count). The van der Waals surface area contributed by atoms with Gasteiger partial charge in [0.1, 0.15) is 18.8 Å². The highest BCUT2D eigenvalue weighted by atomic mass is 16.7. The summed E-state index contributed by atoms with van der Waals surface area (Å²) in [5.74, 6) is 0.282. The Balaban J connectivity index is 4.58. The Bertz CT molecular complexity index is 439. The van der Waals surface area contributed by atoms with Crippen LogP contribution in [-0.2, 0) is 23.8 Å². The number of rotatable bonds is 24. The lowest BCUT2D eigenvalue weighted by molar-refractivity contribution is -0.191. The van der Waals surface area contributed by atoms with Crippen molar-refractivity contribution in [3.63, 3.8) is 0 Å². The largest absolute Gasteiger partial charge is 0.460 e. The second kappa shape index (κ2) is 22.8. The normalized spacial score (nSPS) is 14.1. The Hall–Kier alpha value is -0.940. The molecule has 196 valence electrons. The van der Waals surface area contributed by atoms with E-state index in [0.29, 0.717) is 25.0 Å². The van der Waals surface area contributed by atoms with Gasteiger partial charge in [0.05, 0.1) is 13.2 Å². The van der Waals surface area contributed by atoms with E-state index in [0.717, 1.165) is 25.7 Å². The minimum absolute atomic E-state index is 0.0476. The Morgan fingerprint density at radius 1 is 0.636 bits per heavy atom. The Morgan fingerprint density at radius 3 is 1.48 bits per heavy atom. The molecule has 0 bridgehead atoms. The minimum atomic E-state index is -0.566. The Labute approximate surface area is 204 Å². The fourth-order valence-electron chi connectivity index (χ4n) is 3.93. The average Bonchev–Trinajstić information content (AvgIpc) is 2.79. The lowest BCUT2D eigenvalue weighted by atomic mass is 9.99. The second-order valence-electron chi connectivity index (χ2n) is 9.61. The van der Waals surface area contributed by atoms with Gasteiger partial charge >= 0.3 is 5.97 Å². The van der Waals surface area contributed by atoms with Gasteiger partial charge in [0.25, 0.3) is 0 Å². The molecule has 0 N–H and O–H groups in total. The summed E-state index contributed by atoms with van der Waals surface area (Å²) >= 11 is 0. The predicted molar refractivity (Wildman–Crippen MR) is 136 cm³/mol. The highest BCUT2D eigenvalue weighted by Crippen LogP contribution is 2.19. The summed E-state index contributed by atoms with van der Waals surface area (Å²) < 4.78 is 17.5. The third kappa shape index (κ3) is 20.2. The number of esters is 1. The number of Topliss-reactive ketones (excluding diaryl/α,β-unsaturated/α-hetero) is 1. The van der Waals surface area contributed by atoms with E-state index in [4.69, 9.17) is 14.2 Å². The molecular weight excluding hydrogens is 416 g/mol. The number of carbonyl (C=O) groups is 2. The predicted octanol–water partition coefficient (Wildman–Crippen LogP) is 7.64. The quantitative estimate of drug-likeness (QED) is 0.0627. The molecule has 0 heterocycles. The van der Waals surface area contributed by atoms with Gasteiger partial charge in [-0.05, 0) is 31.6 Å². The third-order valence-electron chi connectivity index (χ3n) is 6.40. The van der Waals surface area contributed by atoms with Crippen molar-refractivity contribution >= 4 is 11.8 Å². The number of hydrogen-bond donors (Lipinski definition) is 0. The Morgan fingerprint density at radius 2 is 1.09 bits per heavy atom. The van der Waals surface area contributed by atoms with Gasteiger partial charge in [-0.1, -0.05) is 105 Å². The van der Waals surface area contributed by atoms with Gasteiger partial charge in [0.15, 0.2) is 6.29 Å². The highest BCUT2D eigenvalue weighted by Gasteiger charge is 2.18. The first-order valence-electron chi connectivity index (χ1n) is 13.8. The molecule has 0 aromatic rings. The first kappa shape index (κ1) is 32.1. The zero-order valence-corrected chi connectivity index (χ0v) is 22.5. The number of unbranched alkanes of at least 4 members (excludes halogenated alkanes) is 8. The van der Waals surface area contributed by atoms with Crippen LogP contribution in [0.15, 0.2) is 0 Å². The molecule has 0 saturated carbocycles. The summed E-state index contributed by atoms with van der Waals surface area (Å²) in [6.45, 7) is 11.6. The lowest BCUT2D eigenvalue weighted by Crippen LogP contribution is -2.29. The smallest absolute Gasteiger partial charge is 0.313 e. The fraction of sp³-hybridized carbons (Fsp3) is 0.929. The van der Waals surface area contributed by atoms with Crippen molar-refractivity contribution in [3.05, 3.63) is 0 Å². The number of hydrogen-bond acceptors (Lipinski definition) is 5. The zero-order chi connectivity index (χ0) is 24.7. The first-order valence-corrected chi connectivity index (χ1v) is 13.8. The van der Waals surface area contributed by atoms with E-state index in [1.54, 1.807) is 0 Å². The summed E-state index contributed by atoms with van der Waals surface area (Å²) in [4.78, 5) is 23.0. The molecule has 0 aliphatic rings. The number of ketones is 1. The first-order chi connectivity index (χ1) is 16.0. The van der Waals surface area contributed by atoms with Crippen LogP contribution in [0.4, 0.5) is 0 Å². The van der Waals surface area contributed by atoms with E-state index in [1.807, 2.05) is 0 Å². The van der Waals surface area contributed by atoms with Crippen LogP contribution in [0.25, 0.3) is 0 Å². The molecule has 0 saturated heterocycles. The molecule has 0 aliphatic carbocycles. The van der Waals surface area contributed by atoms with Crippen LogP contribution >= 0.6 is 0 Å². The van der Waals surface area contributed by atoms with Crippen molar-refractivity contribution in [2.24, 2.45) is 11.8 Å². The maximum Gasteiger partial charge on any atom is 0.313 e. The molecule has 5 nitrogen and oxygen atoms in total. The second-order valence-corrected chi connectivity index (χ2v) is 9.61. The van der Waals surface area contributed by atoms with Gasteiger partial charge in [-0.3, -0.25) is 9.59 Å². The van der Waals surface area contributed by atoms with Crippen molar-refractivity contribution in [3.8, 4) is 0 Å². The summed E-state index contributed by atoms with van der Waals surface area (Å²) in [7, 11) is 0. The van der Waals surface area contributed by atoms with Crippen molar-refractivity contribution in [1.82, 2.24) is 0 Å². The van der Waals surface area contributed by atoms with Crippen molar-refractivity contribution in [2.45, 2.75) is 137 Å².